The van der Waals surface area contributed by atoms with E-state index in [0.717, 1.165) is 0 Å². The fourth-order valence-corrected chi connectivity index (χ4v) is 1.63. The van der Waals surface area contributed by atoms with Crippen molar-refractivity contribution in [3.05, 3.63) is 28.8 Å². The highest BCUT2D eigenvalue weighted by molar-refractivity contribution is 6.33. The van der Waals surface area contributed by atoms with Gasteiger partial charge in [-0.25, -0.2) is 4.79 Å². The Morgan fingerprint density at radius 3 is 2.58 bits per heavy atom. The quantitative estimate of drug-likeness (QED) is 0.774. The van der Waals surface area contributed by atoms with Gasteiger partial charge in [-0.05, 0) is 24.1 Å². The van der Waals surface area contributed by atoms with Crippen LogP contribution in [0.25, 0.3) is 0 Å². The number of carbonyl (C=O) groups is 2. The van der Waals surface area contributed by atoms with Crippen molar-refractivity contribution in [3.8, 4) is 0 Å². The van der Waals surface area contributed by atoms with Gasteiger partial charge in [0, 0.05) is 18.2 Å². The first-order valence-corrected chi connectivity index (χ1v) is 6.27. The third-order valence-corrected chi connectivity index (χ3v) is 3.09. The molecule has 1 aromatic carbocycles. The van der Waals surface area contributed by atoms with Crippen molar-refractivity contribution >= 4 is 29.2 Å². The molecule has 1 atom stereocenters. The number of carbonyl (C=O) groups excluding carboxylic acids is 1. The van der Waals surface area contributed by atoms with Gasteiger partial charge < -0.3 is 16.2 Å². The van der Waals surface area contributed by atoms with Crippen molar-refractivity contribution < 1.29 is 14.7 Å². The summed E-state index contributed by atoms with van der Waals surface area (Å²) in [5.74, 6) is -1.19. The third-order valence-electron chi connectivity index (χ3n) is 2.76. The summed E-state index contributed by atoms with van der Waals surface area (Å²) in [6.07, 6.45) is 0.183. The summed E-state index contributed by atoms with van der Waals surface area (Å²) in [7, 11) is 0. The predicted molar refractivity (Wildman–Crippen MR) is 74.5 cm³/mol. The molecular formula is C13H17ClN2O3. The molecule has 4 N–H and O–H groups in total. The minimum atomic E-state index is -1.14. The summed E-state index contributed by atoms with van der Waals surface area (Å²) in [5.41, 5.74) is 6.14. The molecule has 5 nitrogen and oxygen atoms in total. The normalized spacial score (nSPS) is 12.3. The van der Waals surface area contributed by atoms with Gasteiger partial charge in [0.25, 0.3) is 0 Å². The van der Waals surface area contributed by atoms with Crippen LogP contribution in [0, 0.1) is 5.92 Å². The van der Waals surface area contributed by atoms with E-state index < -0.39 is 5.97 Å². The van der Waals surface area contributed by atoms with E-state index in [0.29, 0.717) is 5.69 Å². The lowest BCUT2D eigenvalue weighted by Gasteiger charge is -2.15. The van der Waals surface area contributed by atoms with Crippen molar-refractivity contribution in [2.75, 3.05) is 5.32 Å². The van der Waals surface area contributed by atoms with Crippen LogP contribution in [0.5, 0.6) is 0 Å². The van der Waals surface area contributed by atoms with Gasteiger partial charge in [0.2, 0.25) is 5.91 Å². The van der Waals surface area contributed by atoms with Gasteiger partial charge in [-0.1, -0.05) is 25.4 Å². The lowest BCUT2D eigenvalue weighted by molar-refractivity contribution is -0.116. The van der Waals surface area contributed by atoms with Crippen LogP contribution in [0.15, 0.2) is 18.2 Å². The number of hydrogen-bond donors (Lipinski definition) is 3. The average molecular weight is 285 g/mol. The first-order valence-electron chi connectivity index (χ1n) is 5.89. The number of carboxylic acid groups (broad SMARTS) is 1. The maximum Gasteiger partial charge on any atom is 0.337 e. The van der Waals surface area contributed by atoms with E-state index in [4.69, 9.17) is 22.4 Å². The van der Waals surface area contributed by atoms with E-state index >= 15 is 0 Å². The molecule has 104 valence electrons. The molecule has 0 saturated carbocycles. The summed E-state index contributed by atoms with van der Waals surface area (Å²) in [6.45, 7) is 3.87. The molecule has 0 radical (unpaired) electrons. The molecule has 0 spiro atoms. The minimum Gasteiger partial charge on any atom is -0.478 e. The van der Waals surface area contributed by atoms with Crippen LogP contribution in [-0.4, -0.2) is 23.0 Å². The number of halogens is 1. The number of nitrogens with two attached hydrogens (primary N) is 1. The van der Waals surface area contributed by atoms with Gasteiger partial charge in [0.05, 0.1) is 10.6 Å². The molecule has 0 fully saturated rings. The number of anilines is 1. The Labute approximate surface area is 116 Å². The van der Waals surface area contributed by atoms with Crippen LogP contribution in [0.1, 0.15) is 30.6 Å². The molecule has 19 heavy (non-hydrogen) atoms. The van der Waals surface area contributed by atoms with Crippen molar-refractivity contribution in [1.29, 1.82) is 0 Å². The van der Waals surface area contributed by atoms with E-state index in [1.165, 1.54) is 12.1 Å². The highest BCUT2D eigenvalue weighted by Gasteiger charge is 2.14. The van der Waals surface area contributed by atoms with Gasteiger partial charge in [-0.2, -0.15) is 0 Å². The van der Waals surface area contributed by atoms with Crippen molar-refractivity contribution in [1.82, 2.24) is 0 Å². The van der Waals surface area contributed by atoms with E-state index in [1.54, 1.807) is 6.07 Å². The number of benzene rings is 1. The van der Waals surface area contributed by atoms with Crippen LogP contribution in [0.3, 0.4) is 0 Å². The lowest BCUT2D eigenvalue weighted by atomic mass is 10.0. The van der Waals surface area contributed by atoms with E-state index in [2.05, 4.69) is 5.32 Å². The van der Waals surface area contributed by atoms with Crippen LogP contribution in [0.4, 0.5) is 5.69 Å². The fraction of sp³-hybridized carbons (Fsp3) is 0.385. The molecule has 0 aliphatic rings. The first-order chi connectivity index (χ1) is 8.81. The summed E-state index contributed by atoms with van der Waals surface area (Å²) < 4.78 is 0. The second-order valence-corrected chi connectivity index (χ2v) is 5.07. The molecule has 0 aromatic heterocycles. The van der Waals surface area contributed by atoms with Crippen LogP contribution in [-0.2, 0) is 4.79 Å². The Hall–Kier alpha value is -1.59. The Bertz CT molecular complexity index is 489. The lowest BCUT2D eigenvalue weighted by Crippen LogP contribution is -2.31. The Morgan fingerprint density at radius 2 is 2.05 bits per heavy atom. The van der Waals surface area contributed by atoms with Crippen molar-refractivity contribution in [2.45, 2.75) is 26.3 Å². The summed E-state index contributed by atoms with van der Waals surface area (Å²) in [4.78, 5) is 22.6. The standard InChI is InChI=1S/C13H17ClN2O3/c1-7(2)11(15)6-12(17)16-8-3-4-10(14)9(5-8)13(18)19/h3-5,7,11H,6,15H2,1-2H3,(H,16,17)(H,18,19). The van der Waals surface area contributed by atoms with Gasteiger partial charge in [-0.3, -0.25) is 4.79 Å². The zero-order valence-electron chi connectivity index (χ0n) is 10.8. The molecule has 1 amide bonds. The largest absolute Gasteiger partial charge is 0.478 e. The van der Waals surface area contributed by atoms with Crippen LogP contribution >= 0.6 is 11.6 Å². The number of aromatic carboxylic acids is 1. The molecule has 1 rings (SSSR count). The zero-order valence-corrected chi connectivity index (χ0v) is 11.6. The number of nitrogens with one attached hydrogen (secondary N) is 1. The molecule has 0 saturated heterocycles. The van der Waals surface area contributed by atoms with Gasteiger partial charge in [0.15, 0.2) is 0 Å². The SMILES string of the molecule is CC(C)C(N)CC(=O)Nc1ccc(Cl)c(C(=O)O)c1. The maximum atomic E-state index is 11.7. The second kappa shape index (κ2) is 6.54. The number of carboxylic acids is 1. The van der Waals surface area contributed by atoms with Gasteiger partial charge in [0.1, 0.15) is 0 Å². The fourth-order valence-electron chi connectivity index (χ4n) is 1.43. The highest BCUT2D eigenvalue weighted by atomic mass is 35.5. The molecule has 1 aromatic rings. The maximum absolute atomic E-state index is 11.7. The molecule has 1 unspecified atom stereocenters. The monoisotopic (exact) mass is 284 g/mol. The van der Waals surface area contributed by atoms with Crippen LogP contribution in [0.2, 0.25) is 5.02 Å². The van der Waals surface area contributed by atoms with E-state index in [1.807, 2.05) is 13.8 Å². The first kappa shape index (κ1) is 15.5. The minimum absolute atomic E-state index is 0.0485. The Morgan fingerprint density at radius 1 is 1.42 bits per heavy atom. The zero-order chi connectivity index (χ0) is 14.6. The van der Waals surface area contributed by atoms with Crippen molar-refractivity contribution in [2.24, 2.45) is 11.7 Å². The van der Waals surface area contributed by atoms with Crippen molar-refractivity contribution in [3.63, 3.8) is 0 Å². The summed E-state index contributed by atoms with van der Waals surface area (Å²) >= 11 is 5.74. The Balaban J connectivity index is 2.75. The molecule has 0 aliphatic carbocycles. The second-order valence-electron chi connectivity index (χ2n) is 4.66. The summed E-state index contributed by atoms with van der Waals surface area (Å²) in [6, 6.07) is 4.08. The van der Waals surface area contributed by atoms with Gasteiger partial charge >= 0.3 is 5.97 Å². The molecule has 0 heterocycles. The average Bonchev–Trinajstić information content (AvgIpc) is 2.30. The smallest absolute Gasteiger partial charge is 0.337 e. The molecule has 0 aliphatic heterocycles. The van der Waals surface area contributed by atoms with Gasteiger partial charge in [-0.15, -0.1) is 0 Å². The topological polar surface area (TPSA) is 92.4 Å². The number of rotatable bonds is 5. The molecular weight excluding hydrogens is 268 g/mol. The van der Waals surface area contributed by atoms with E-state index in [9.17, 15) is 9.59 Å². The van der Waals surface area contributed by atoms with E-state index in [-0.39, 0.29) is 34.9 Å². The van der Waals surface area contributed by atoms with Crippen LogP contribution < -0.4 is 11.1 Å². The summed E-state index contributed by atoms with van der Waals surface area (Å²) in [5, 5.41) is 11.7. The third kappa shape index (κ3) is 4.54. The number of amides is 1. The molecule has 0 bridgehead atoms. The predicted octanol–water partition coefficient (Wildman–Crippen LogP) is 2.35. The molecule has 6 heteroatoms. The highest BCUT2D eigenvalue weighted by Crippen LogP contribution is 2.20. The Kier molecular flexibility index (Phi) is 5.32. The number of hydrogen-bond acceptors (Lipinski definition) is 3.